The van der Waals surface area contributed by atoms with Crippen LogP contribution in [0, 0.1) is 0 Å². The van der Waals surface area contributed by atoms with Gasteiger partial charge in [-0.25, -0.2) is 4.98 Å². The molecule has 0 bridgehead atoms. The minimum atomic E-state index is -4.38. The number of hydrogen-bond donors (Lipinski definition) is 3. The predicted molar refractivity (Wildman–Crippen MR) is 121 cm³/mol. The number of rotatable bonds is 6. The summed E-state index contributed by atoms with van der Waals surface area (Å²) in [7, 11) is 0. The smallest absolute Gasteiger partial charge is 0.416 e. The topological polar surface area (TPSA) is 58.1 Å². The zero-order valence-electron chi connectivity index (χ0n) is 17.1. The molecule has 4 nitrogen and oxygen atoms in total. The van der Waals surface area contributed by atoms with Gasteiger partial charge in [-0.3, -0.25) is 0 Å². The number of nitrogens with zero attached hydrogens (tertiary/aromatic N) is 1. The Kier molecular flexibility index (Phi) is 6.17. The third kappa shape index (κ3) is 4.76. The average molecular weight is 459 g/mol. The Hall–Kier alpha value is -2.97. The first-order chi connectivity index (χ1) is 15.2. The van der Waals surface area contributed by atoms with Gasteiger partial charge in [0.25, 0.3) is 0 Å². The molecule has 0 aliphatic heterocycles. The number of imidazole rings is 1. The fourth-order valence-corrected chi connectivity index (χ4v) is 3.63. The van der Waals surface area contributed by atoms with Crippen molar-refractivity contribution in [2.75, 3.05) is 0 Å². The Morgan fingerprint density at radius 1 is 1.06 bits per heavy atom. The van der Waals surface area contributed by atoms with Crippen LogP contribution in [0.1, 0.15) is 30.0 Å². The maximum atomic E-state index is 12.7. The van der Waals surface area contributed by atoms with Crippen LogP contribution in [0.4, 0.5) is 13.2 Å². The van der Waals surface area contributed by atoms with E-state index in [1.165, 1.54) is 12.1 Å². The van der Waals surface area contributed by atoms with Crippen LogP contribution in [-0.2, 0) is 12.8 Å². The molecule has 0 aliphatic rings. The number of nitrogens with one attached hydrogen (secondary N) is 1. The van der Waals surface area contributed by atoms with Gasteiger partial charge in [0.2, 0.25) is 0 Å². The van der Waals surface area contributed by atoms with E-state index in [2.05, 4.69) is 22.6 Å². The molecule has 8 heteroatoms. The second-order valence-corrected chi connectivity index (χ2v) is 8.31. The Balaban J connectivity index is 1.54. The summed E-state index contributed by atoms with van der Waals surface area (Å²) < 4.78 is 43.6. The molecule has 1 aromatic heterocycles. The standard InChI is InChI=1S/C24H21F3N2O2S/c1-14(32)23(30)19-5-3-2-4-18(19)15-6-11-20-21(12-15)29-22(28-20)13-31-17-9-7-16(8-10-17)24(25,26)27/h2-12,14,23,30,32H,13H2,1H3,(H,28,29). The maximum Gasteiger partial charge on any atom is 0.416 e. The molecule has 0 fully saturated rings. The highest BCUT2D eigenvalue weighted by molar-refractivity contribution is 7.81. The molecule has 0 amide bonds. The SMILES string of the molecule is CC(S)C(O)c1ccccc1-c1ccc2nc(COc3ccc(C(F)(F)F)cc3)[nH]c2c1. The third-order valence-corrected chi connectivity index (χ3v) is 5.42. The Labute approximate surface area is 188 Å². The van der Waals surface area contributed by atoms with E-state index >= 15 is 0 Å². The molecule has 166 valence electrons. The van der Waals surface area contributed by atoms with Crippen molar-refractivity contribution in [2.24, 2.45) is 0 Å². The number of halogens is 3. The number of aliphatic hydroxyl groups excluding tert-OH is 1. The zero-order chi connectivity index (χ0) is 22.9. The zero-order valence-corrected chi connectivity index (χ0v) is 18.0. The summed E-state index contributed by atoms with van der Waals surface area (Å²) in [4.78, 5) is 7.67. The first-order valence-electron chi connectivity index (χ1n) is 9.96. The quantitative estimate of drug-likeness (QED) is 0.303. The average Bonchev–Trinajstić information content (AvgIpc) is 3.19. The van der Waals surface area contributed by atoms with Crippen LogP contribution < -0.4 is 4.74 Å². The second kappa shape index (κ2) is 8.88. The molecule has 2 unspecified atom stereocenters. The van der Waals surface area contributed by atoms with Crippen molar-refractivity contribution >= 4 is 23.7 Å². The van der Waals surface area contributed by atoms with Gasteiger partial charge in [-0.2, -0.15) is 25.8 Å². The number of aromatic nitrogens is 2. The lowest BCUT2D eigenvalue weighted by molar-refractivity contribution is -0.137. The summed E-state index contributed by atoms with van der Waals surface area (Å²) in [5, 5.41) is 10.3. The molecule has 0 aliphatic carbocycles. The van der Waals surface area contributed by atoms with Crippen molar-refractivity contribution in [2.45, 2.75) is 31.1 Å². The maximum absolute atomic E-state index is 12.7. The van der Waals surface area contributed by atoms with Gasteiger partial charge in [-0.1, -0.05) is 37.3 Å². The van der Waals surface area contributed by atoms with Crippen LogP contribution in [0.3, 0.4) is 0 Å². The number of hydrogen-bond acceptors (Lipinski definition) is 4. The molecule has 2 N–H and O–H groups in total. The molecule has 0 saturated carbocycles. The minimum absolute atomic E-state index is 0.0852. The highest BCUT2D eigenvalue weighted by Gasteiger charge is 2.30. The van der Waals surface area contributed by atoms with Crippen LogP contribution in [0.2, 0.25) is 0 Å². The first-order valence-corrected chi connectivity index (χ1v) is 10.5. The minimum Gasteiger partial charge on any atom is -0.486 e. The van der Waals surface area contributed by atoms with Gasteiger partial charge >= 0.3 is 6.18 Å². The molecule has 1 heterocycles. The lowest BCUT2D eigenvalue weighted by Crippen LogP contribution is -2.09. The lowest BCUT2D eigenvalue weighted by atomic mass is 9.95. The van der Waals surface area contributed by atoms with Crippen LogP contribution >= 0.6 is 12.6 Å². The number of aromatic amines is 1. The summed E-state index contributed by atoms with van der Waals surface area (Å²) in [5.41, 5.74) is 3.41. The highest BCUT2D eigenvalue weighted by atomic mass is 32.1. The summed E-state index contributed by atoms with van der Waals surface area (Å²) in [6.45, 7) is 1.92. The number of fused-ring (bicyclic) bond motifs is 1. The van der Waals surface area contributed by atoms with E-state index in [1.54, 1.807) is 0 Å². The predicted octanol–water partition coefficient (Wildman–Crippen LogP) is 6.18. The Bertz CT molecular complexity index is 1220. The molecule has 0 saturated heterocycles. The van der Waals surface area contributed by atoms with E-state index in [-0.39, 0.29) is 11.9 Å². The Morgan fingerprint density at radius 3 is 2.47 bits per heavy atom. The molecular formula is C24H21F3N2O2S. The largest absolute Gasteiger partial charge is 0.486 e. The summed E-state index contributed by atoms with van der Waals surface area (Å²) >= 11 is 4.36. The first kappa shape index (κ1) is 22.2. The van der Waals surface area contributed by atoms with Crippen LogP contribution in [0.15, 0.2) is 66.7 Å². The monoisotopic (exact) mass is 458 g/mol. The van der Waals surface area contributed by atoms with E-state index in [4.69, 9.17) is 4.74 Å². The Morgan fingerprint density at radius 2 is 1.78 bits per heavy atom. The van der Waals surface area contributed by atoms with E-state index < -0.39 is 17.8 Å². The lowest BCUT2D eigenvalue weighted by Gasteiger charge is -2.18. The van der Waals surface area contributed by atoms with Gasteiger partial charge in [0.1, 0.15) is 18.2 Å². The van der Waals surface area contributed by atoms with E-state index in [0.29, 0.717) is 11.6 Å². The van der Waals surface area contributed by atoms with Gasteiger partial charge in [0, 0.05) is 5.25 Å². The fraction of sp³-hybridized carbons (Fsp3) is 0.208. The molecular weight excluding hydrogens is 437 g/mol. The fourth-order valence-electron chi connectivity index (χ4n) is 3.47. The van der Waals surface area contributed by atoms with E-state index in [0.717, 1.165) is 39.9 Å². The summed E-state index contributed by atoms with van der Waals surface area (Å²) in [6.07, 6.45) is -5.09. The van der Waals surface area contributed by atoms with Crippen molar-refractivity contribution in [1.82, 2.24) is 9.97 Å². The number of aliphatic hydroxyl groups is 1. The van der Waals surface area contributed by atoms with Crippen molar-refractivity contribution in [1.29, 1.82) is 0 Å². The van der Waals surface area contributed by atoms with Gasteiger partial charge in [-0.05, 0) is 53.1 Å². The number of benzene rings is 3. The molecule has 4 rings (SSSR count). The van der Waals surface area contributed by atoms with E-state index in [9.17, 15) is 18.3 Å². The van der Waals surface area contributed by atoms with Crippen molar-refractivity contribution < 1.29 is 23.0 Å². The number of thiol groups is 1. The molecule has 4 aromatic rings. The van der Waals surface area contributed by atoms with E-state index in [1.807, 2.05) is 49.4 Å². The van der Waals surface area contributed by atoms with Gasteiger partial charge in [-0.15, -0.1) is 0 Å². The summed E-state index contributed by atoms with van der Waals surface area (Å²) in [5.74, 6) is 0.872. The van der Waals surface area contributed by atoms with Crippen LogP contribution in [0.25, 0.3) is 22.2 Å². The second-order valence-electron chi connectivity index (χ2n) is 7.50. The third-order valence-electron chi connectivity index (χ3n) is 5.14. The molecule has 0 radical (unpaired) electrons. The number of alkyl halides is 3. The number of ether oxygens (including phenoxy) is 1. The van der Waals surface area contributed by atoms with Crippen LogP contribution in [-0.4, -0.2) is 20.3 Å². The molecule has 3 aromatic carbocycles. The van der Waals surface area contributed by atoms with Crippen molar-refractivity contribution in [3.05, 3.63) is 83.7 Å². The van der Waals surface area contributed by atoms with Gasteiger partial charge in [0.05, 0.1) is 22.7 Å². The highest BCUT2D eigenvalue weighted by Crippen LogP contribution is 2.33. The normalized spacial score (nSPS) is 13.8. The van der Waals surface area contributed by atoms with Gasteiger partial charge < -0.3 is 14.8 Å². The van der Waals surface area contributed by atoms with Gasteiger partial charge in [0.15, 0.2) is 0 Å². The van der Waals surface area contributed by atoms with Crippen molar-refractivity contribution in [3.63, 3.8) is 0 Å². The van der Waals surface area contributed by atoms with Crippen LogP contribution in [0.5, 0.6) is 5.75 Å². The summed E-state index contributed by atoms with van der Waals surface area (Å²) in [6, 6.07) is 17.9. The van der Waals surface area contributed by atoms with Crippen molar-refractivity contribution in [3.8, 4) is 16.9 Å². The molecule has 0 spiro atoms. The molecule has 32 heavy (non-hydrogen) atoms. The number of H-pyrrole nitrogens is 1. The molecule has 2 atom stereocenters.